The van der Waals surface area contributed by atoms with Crippen molar-refractivity contribution in [1.29, 1.82) is 0 Å². The van der Waals surface area contributed by atoms with Crippen LogP contribution in [0, 0.1) is 0 Å². The summed E-state index contributed by atoms with van der Waals surface area (Å²) in [5.74, 6) is -0.194. The van der Waals surface area contributed by atoms with Crippen LogP contribution >= 0.6 is 0 Å². The molecule has 0 atom stereocenters. The van der Waals surface area contributed by atoms with Crippen molar-refractivity contribution in [1.82, 2.24) is 0 Å². The summed E-state index contributed by atoms with van der Waals surface area (Å²) in [7, 11) is -4.00. The van der Waals surface area contributed by atoms with E-state index in [0.29, 0.717) is 6.42 Å². The molecule has 23 heavy (non-hydrogen) atoms. The minimum Gasteiger partial charge on any atom is -0.748 e. The maximum atomic E-state index is 10.4. The summed E-state index contributed by atoms with van der Waals surface area (Å²) in [5, 5.41) is 0. The number of hydrogen-bond acceptors (Lipinski definition) is 3. The average molecular weight is 355 g/mol. The molecule has 132 valence electrons. The van der Waals surface area contributed by atoms with E-state index in [9.17, 15) is 13.0 Å². The fourth-order valence-corrected chi connectivity index (χ4v) is 3.25. The summed E-state index contributed by atoms with van der Waals surface area (Å²) in [6, 6.07) is 0. The van der Waals surface area contributed by atoms with E-state index in [0.717, 1.165) is 19.3 Å². The Bertz CT molecular complexity index is 342. The van der Waals surface area contributed by atoms with Gasteiger partial charge in [-0.05, 0) is 19.3 Å². The van der Waals surface area contributed by atoms with Crippen molar-refractivity contribution in [2.45, 2.75) is 96.3 Å². The molecule has 0 spiro atoms. The predicted octanol–water partition coefficient (Wildman–Crippen LogP) is 2.57. The van der Waals surface area contributed by atoms with Gasteiger partial charge in [-0.2, -0.15) is 0 Å². The third-order valence-corrected chi connectivity index (χ3v) is 4.84. The van der Waals surface area contributed by atoms with Crippen molar-refractivity contribution in [2.75, 3.05) is 5.75 Å². The first kappa shape index (κ1) is 25.9. The summed E-state index contributed by atoms with van der Waals surface area (Å²) in [6.07, 6.45) is 20.1. The second kappa shape index (κ2) is 19.0. The SMILES string of the molecule is C=CCCCCCCCCCCCCCCCCS(=O)(=O)[O-].[Na+]. The molecule has 0 amide bonds. The second-order valence-electron chi connectivity index (χ2n) is 6.29. The predicted molar refractivity (Wildman–Crippen MR) is 94.0 cm³/mol. The average Bonchev–Trinajstić information content (AvgIpc) is 2.45. The summed E-state index contributed by atoms with van der Waals surface area (Å²) in [4.78, 5) is 0. The Balaban J connectivity index is 0. The topological polar surface area (TPSA) is 57.2 Å². The maximum Gasteiger partial charge on any atom is 1.00 e. The Morgan fingerprint density at radius 3 is 1.26 bits per heavy atom. The summed E-state index contributed by atoms with van der Waals surface area (Å²) >= 11 is 0. The Morgan fingerprint density at radius 1 is 0.652 bits per heavy atom. The zero-order valence-electron chi connectivity index (χ0n) is 15.2. The van der Waals surface area contributed by atoms with Gasteiger partial charge in [0.25, 0.3) is 0 Å². The van der Waals surface area contributed by atoms with Crippen molar-refractivity contribution in [3.63, 3.8) is 0 Å². The van der Waals surface area contributed by atoms with E-state index < -0.39 is 10.1 Å². The molecule has 0 aliphatic rings. The fourth-order valence-electron chi connectivity index (χ4n) is 2.69. The first-order valence-electron chi connectivity index (χ1n) is 9.11. The number of allylic oxidation sites excluding steroid dienone is 1. The molecule has 0 radical (unpaired) electrons. The van der Waals surface area contributed by atoms with Gasteiger partial charge >= 0.3 is 29.6 Å². The summed E-state index contributed by atoms with van der Waals surface area (Å²) < 4.78 is 31.3. The minimum absolute atomic E-state index is 0. The van der Waals surface area contributed by atoms with E-state index >= 15 is 0 Å². The van der Waals surface area contributed by atoms with Gasteiger partial charge in [0.05, 0.1) is 10.1 Å². The number of hydrogen-bond donors (Lipinski definition) is 0. The molecule has 0 saturated heterocycles. The van der Waals surface area contributed by atoms with Gasteiger partial charge in [0.1, 0.15) is 0 Å². The van der Waals surface area contributed by atoms with E-state index in [-0.39, 0.29) is 35.3 Å². The van der Waals surface area contributed by atoms with Gasteiger partial charge in [-0.25, -0.2) is 8.42 Å². The molecule has 0 aromatic carbocycles. The second-order valence-corrected chi connectivity index (χ2v) is 7.81. The van der Waals surface area contributed by atoms with Gasteiger partial charge in [0.2, 0.25) is 0 Å². The zero-order valence-corrected chi connectivity index (χ0v) is 18.0. The van der Waals surface area contributed by atoms with Gasteiger partial charge in [-0.1, -0.05) is 83.1 Å². The van der Waals surface area contributed by atoms with Crippen molar-refractivity contribution < 1.29 is 42.5 Å². The van der Waals surface area contributed by atoms with Crippen LogP contribution in [-0.4, -0.2) is 18.7 Å². The normalized spacial score (nSPS) is 11.2. The van der Waals surface area contributed by atoms with E-state index in [1.54, 1.807) is 0 Å². The van der Waals surface area contributed by atoms with Crippen LogP contribution in [0.5, 0.6) is 0 Å². The number of rotatable bonds is 17. The Kier molecular flexibility index (Phi) is 21.4. The largest absolute Gasteiger partial charge is 1.00 e. The van der Waals surface area contributed by atoms with Crippen molar-refractivity contribution in [2.24, 2.45) is 0 Å². The van der Waals surface area contributed by atoms with Gasteiger partial charge in [-0.15, -0.1) is 6.58 Å². The summed E-state index contributed by atoms with van der Waals surface area (Å²) in [6.45, 7) is 3.74. The van der Waals surface area contributed by atoms with Crippen molar-refractivity contribution in [3.8, 4) is 0 Å². The Labute approximate surface area is 166 Å². The maximum absolute atomic E-state index is 10.4. The minimum atomic E-state index is -4.00. The first-order valence-corrected chi connectivity index (χ1v) is 10.7. The molecular weight excluding hydrogens is 319 g/mol. The van der Waals surface area contributed by atoms with Crippen molar-refractivity contribution in [3.05, 3.63) is 12.7 Å². The van der Waals surface area contributed by atoms with E-state index in [1.807, 2.05) is 6.08 Å². The quantitative estimate of drug-likeness (QED) is 0.175. The van der Waals surface area contributed by atoms with E-state index in [1.165, 1.54) is 70.6 Å². The van der Waals surface area contributed by atoms with Crippen molar-refractivity contribution >= 4 is 10.1 Å². The number of unbranched alkanes of at least 4 members (excludes halogenated alkanes) is 14. The molecule has 0 aromatic rings. The van der Waals surface area contributed by atoms with Gasteiger partial charge in [0, 0.05) is 5.75 Å². The fraction of sp³-hybridized carbons (Fsp3) is 0.889. The van der Waals surface area contributed by atoms with Crippen LogP contribution in [0.2, 0.25) is 0 Å². The molecule has 5 heteroatoms. The molecule has 0 N–H and O–H groups in total. The molecule has 0 aliphatic carbocycles. The molecule has 0 saturated carbocycles. The van der Waals surface area contributed by atoms with Gasteiger partial charge in [-0.3, -0.25) is 0 Å². The molecular formula is C18H35NaO3S. The van der Waals surface area contributed by atoms with E-state index in [2.05, 4.69) is 6.58 Å². The van der Waals surface area contributed by atoms with Crippen LogP contribution in [0.1, 0.15) is 96.3 Å². The summed E-state index contributed by atoms with van der Waals surface area (Å²) in [5.41, 5.74) is 0. The van der Waals surface area contributed by atoms with E-state index in [4.69, 9.17) is 0 Å². The molecule has 0 aliphatic heterocycles. The van der Waals surface area contributed by atoms with Gasteiger partial charge < -0.3 is 4.55 Å². The van der Waals surface area contributed by atoms with Crippen LogP contribution < -0.4 is 29.6 Å². The molecule has 0 bridgehead atoms. The molecule has 3 nitrogen and oxygen atoms in total. The van der Waals surface area contributed by atoms with Crippen LogP contribution in [0.4, 0.5) is 0 Å². The third-order valence-electron chi connectivity index (χ3n) is 4.05. The van der Waals surface area contributed by atoms with Crippen LogP contribution in [0.15, 0.2) is 12.7 Å². The Hall–Kier alpha value is 0.650. The molecule has 0 aromatic heterocycles. The smallest absolute Gasteiger partial charge is 0.748 e. The van der Waals surface area contributed by atoms with Gasteiger partial charge in [0.15, 0.2) is 0 Å². The zero-order chi connectivity index (χ0) is 16.5. The van der Waals surface area contributed by atoms with Crippen LogP contribution in [-0.2, 0) is 10.1 Å². The third kappa shape index (κ3) is 25.0. The monoisotopic (exact) mass is 354 g/mol. The molecule has 0 heterocycles. The molecule has 0 rings (SSSR count). The van der Waals surface area contributed by atoms with Crippen LogP contribution in [0.25, 0.3) is 0 Å². The molecule has 0 fully saturated rings. The Morgan fingerprint density at radius 2 is 0.957 bits per heavy atom. The standard InChI is InChI=1S/C18H36O3S.Na/c1-2-3-4-5-6-7-8-9-10-11-12-13-14-15-16-17-18-22(19,20)21;/h2H,1,3-18H2,(H,19,20,21);/q;+1/p-1. The first-order chi connectivity index (χ1) is 10.6. The van der Waals surface area contributed by atoms with Crippen LogP contribution in [0.3, 0.4) is 0 Å². The molecule has 0 unspecified atom stereocenters.